The van der Waals surface area contributed by atoms with Gasteiger partial charge in [0.25, 0.3) is 5.91 Å². The molecule has 20 heavy (non-hydrogen) atoms. The summed E-state index contributed by atoms with van der Waals surface area (Å²) >= 11 is 4.68. The van der Waals surface area contributed by atoms with Crippen LogP contribution in [0, 0.1) is 0 Å². The smallest absolute Gasteiger partial charge is 0.264 e. The summed E-state index contributed by atoms with van der Waals surface area (Å²) in [5.74, 6) is -0.216. The highest BCUT2D eigenvalue weighted by Gasteiger charge is 2.18. The number of halogens is 1. The number of carbonyl (C=O) groups is 2. The van der Waals surface area contributed by atoms with E-state index in [0.29, 0.717) is 18.0 Å². The van der Waals surface area contributed by atoms with Crippen LogP contribution in [0.4, 0.5) is 0 Å². The largest absolute Gasteiger partial charge is 0.385 e. The molecule has 0 saturated carbocycles. The predicted octanol–water partition coefficient (Wildman–Crippen LogP) is 2.08. The van der Waals surface area contributed by atoms with Crippen LogP contribution in [-0.4, -0.2) is 62.5 Å². The van der Waals surface area contributed by atoms with Gasteiger partial charge in [0, 0.05) is 34.4 Å². The minimum atomic E-state index is -0.139. The van der Waals surface area contributed by atoms with E-state index in [1.165, 1.54) is 16.2 Å². The number of nitrogens with zero attached hydrogens (tertiary/aromatic N) is 2. The Kier molecular flexibility index (Phi) is 7.18. The summed E-state index contributed by atoms with van der Waals surface area (Å²) in [6, 6.07) is 3.57. The van der Waals surface area contributed by atoms with E-state index in [9.17, 15) is 9.59 Å². The van der Waals surface area contributed by atoms with Crippen LogP contribution in [0.15, 0.2) is 15.9 Å². The minimum absolute atomic E-state index is 0.0763. The van der Waals surface area contributed by atoms with E-state index < -0.39 is 0 Å². The van der Waals surface area contributed by atoms with Crippen LogP contribution in [0.5, 0.6) is 0 Å². The molecule has 5 nitrogen and oxygen atoms in total. The lowest BCUT2D eigenvalue weighted by Gasteiger charge is -2.21. The summed E-state index contributed by atoms with van der Waals surface area (Å²) in [4.78, 5) is 27.8. The molecule has 1 aromatic rings. The zero-order chi connectivity index (χ0) is 15.1. The first-order valence-corrected chi connectivity index (χ1v) is 7.80. The van der Waals surface area contributed by atoms with Gasteiger partial charge in [0.05, 0.1) is 15.2 Å². The summed E-state index contributed by atoms with van der Waals surface area (Å²) < 4.78 is 5.85. The third-order valence-corrected chi connectivity index (χ3v) is 4.38. The van der Waals surface area contributed by atoms with Crippen LogP contribution in [0.1, 0.15) is 16.1 Å². The Balaban J connectivity index is 2.46. The van der Waals surface area contributed by atoms with Gasteiger partial charge in [0.1, 0.15) is 0 Å². The molecule has 2 amide bonds. The average Bonchev–Trinajstić information content (AvgIpc) is 2.84. The number of rotatable bonds is 7. The van der Waals surface area contributed by atoms with E-state index in [1.807, 2.05) is 6.07 Å². The molecule has 0 bridgehead atoms. The standard InChI is InChI=1S/C13H19BrN2O3S/c1-15(7-4-8-19-3)12(17)9-16(2)13(18)10-5-6-11(14)20-10/h5-6H,4,7-9H2,1-3H3. The third-order valence-electron chi connectivity index (χ3n) is 2.77. The van der Waals surface area contributed by atoms with E-state index in [4.69, 9.17) is 4.74 Å². The highest BCUT2D eigenvalue weighted by molar-refractivity contribution is 9.11. The first kappa shape index (κ1) is 17.1. The second kappa shape index (κ2) is 8.39. The first-order valence-electron chi connectivity index (χ1n) is 6.19. The van der Waals surface area contributed by atoms with Crippen molar-refractivity contribution in [1.82, 2.24) is 9.80 Å². The van der Waals surface area contributed by atoms with Gasteiger partial charge in [-0.05, 0) is 34.5 Å². The van der Waals surface area contributed by atoms with E-state index in [1.54, 1.807) is 32.2 Å². The molecule has 1 aromatic heterocycles. The van der Waals surface area contributed by atoms with Crippen LogP contribution < -0.4 is 0 Å². The molecule has 0 spiro atoms. The third kappa shape index (κ3) is 5.22. The lowest BCUT2D eigenvalue weighted by Crippen LogP contribution is -2.39. The van der Waals surface area contributed by atoms with Crippen LogP contribution in [0.25, 0.3) is 0 Å². The fourth-order valence-corrected chi connectivity index (χ4v) is 2.96. The Hall–Kier alpha value is -0.920. The number of hydrogen-bond donors (Lipinski definition) is 0. The Morgan fingerprint density at radius 2 is 2.00 bits per heavy atom. The molecule has 112 valence electrons. The highest BCUT2D eigenvalue weighted by Crippen LogP contribution is 2.22. The SMILES string of the molecule is COCCCN(C)C(=O)CN(C)C(=O)c1ccc(Br)s1. The number of hydrogen-bond acceptors (Lipinski definition) is 4. The molecular formula is C13H19BrN2O3S. The van der Waals surface area contributed by atoms with Crippen molar-refractivity contribution in [2.75, 3.05) is 40.9 Å². The van der Waals surface area contributed by atoms with Gasteiger partial charge in [0.15, 0.2) is 0 Å². The number of ether oxygens (including phenoxy) is 1. The summed E-state index contributed by atoms with van der Waals surface area (Å²) in [5.41, 5.74) is 0. The van der Waals surface area contributed by atoms with Crippen LogP contribution in [-0.2, 0) is 9.53 Å². The molecule has 0 fully saturated rings. The fourth-order valence-electron chi connectivity index (χ4n) is 1.58. The highest BCUT2D eigenvalue weighted by atomic mass is 79.9. The zero-order valence-electron chi connectivity index (χ0n) is 11.9. The summed E-state index contributed by atoms with van der Waals surface area (Å²) in [5, 5.41) is 0. The maximum Gasteiger partial charge on any atom is 0.264 e. The lowest BCUT2D eigenvalue weighted by molar-refractivity contribution is -0.130. The topological polar surface area (TPSA) is 49.9 Å². The molecule has 1 rings (SSSR count). The van der Waals surface area contributed by atoms with Gasteiger partial charge in [-0.15, -0.1) is 11.3 Å². The van der Waals surface area contributed by atoms with Crippen molar-refractivity contribution in [2.45, 2.75) is 6.42 Å². The monoisotopic (exact) mass is 362 g/mol. The van der Waals surface area contributed by atoms with Gasteiger partial charge in [-0.1, -0.05) is 0 Å². The van der Waals surface area contributed by atoms with Crippen molar-refractivity contribution in [1.29, 1.82) is 0 Å². The van der Waals surface area contributed by atoms with Crippen molar-refractivity contribution in [2.24, 2.45) is 0 Å². The molecule has 0 aliphatic carbocycles. The van der Waals surface area contributed by atoms with E-state index in [-0.39, 0.29) is 18.4 Å². The van der Waals surface area contributed by atoms with Crippen molar-refractivity contribution in [3.63, 3.8) is 0 Å². The number of amides is 2. The second-order valence-corrected chi connectivity index (χ2v) is 6.89. The molecule has 0 aliphatic heterocycles. The second-order valence-electron chi connectivity index (χ2n) is 4.43. The van der Waals surface area contributed by atoms with E-state index in [2.05, 4.69) is 15.9 Å². The van der Waals surface area contributed by atoms with Crippen LogP contribution in [0.2, 0.25) is 0 Å². The molecule has 7 heteroatoms. The molecule has 0 saturated heterocycles. The molecule has 0 aliphatic rings. The van der Waals surface area contributed by atoms with E-state index in [0.717, 1.165) is 10.2 Å². The maximum atomic E-state index is 12.1. The van der Waals surface area contributed by atoms with Crippen molar-refractivity contribution in [3.8, 4) is 0 Å². The van der Waals surface area contributed by atoms with Crippen molar-refractivity contribution >= 4 is 39.1 Å². The van der Waals surface area contributed by atoms with Gasteiger partial charge < -0.3 is 14.5 Å². The van der Waals surface area contributed by atoms with E-state index >= 15 is 0 Å². The quantitative estimate of drug-likeness (QED) is 0.697. The van der Waals surface area contributed by atoms with Gasteiger partial charge in [-0.2, -0.15) is 0 Å². The lowest BCUT2D eigenvalue weighted by atomic mass is 10.3. The normalized spacial score (nSPS) is 10.4. The number of thiophene rings is 1. The summed E-state index contributed by atoms with van der Waals surface area (Å²) in [6.07, 6.45) is 0.786. The summed E-state index contributed by atoms with van der Waals surface area (Å²) in [6.45, 7) is 1.33. The van der Waals surface area contributed by atoms with Gasteiger partial charge in [-0.3, -0.25) is 9.59 Å². The summed E-state index contributed by atoms with van der Waals surface area (Å²) in [7, 11) is 5.00. The Morgan fingerprint density at radius 3 is 2.55 bits per heavy atom. The van der Waals surface area contributed by atoms with Crippen LogP contribution in [0.3, 0.4) is 0 Å². The first-order chi connectivity index (χ1) is 9.45. The number of methoxy groups -OCH3 is 1. The Bertz CT molecular complexity index is 464. The molecular weight excluding hydrogens is 344 g/mol. The predicted molar refractivity (Wildman–Crippen MR) is 83.1 cm³/mol. The minimum Gasteiger partial charge on any atom is -0.385 e. The van der Waals surface area contributed by atoms with Gasteiger partial charge >= 0.3 is 0 Å². The van der Waals surface area contributed by atoms with Crippen molar-refractivity contribution in [3.05, 3.63) is 20.8 Å². The maximum absolute atomic E-state index is 12.1. The molecule has 1 heterocycles. The Morgan fingerprint density at radius 1 is 1.30 bits per heavy atom. The molecule has 0 aromatic carbocycles. The average molecular weight is 363 g/mol. The molecule has 0 unspecified atom stereocenters. The molecule has 0 radical (unpaired) electrons. The van der Waals surface area contributed by atoms with Crippen molar-refractivity contribution < 1.29 is 14.3 Å². The van der Waals surface area contributed by atoms with Gasteiger partial charge in [-0.25, -0.2) is 0 Å². The molecule has 0 atom stereocenters. The number of likely N-dealkylation sites (N-methyl/N-ethyl adjacent to an activating group) is 2. The zero-order valence-corrected chi connectivity index (χ0v) is 14.3. The van der Waals surface area contributed by atoms with Gasteiger partial charge in [0.2, 0.25) is 5.91 Å². The fraction of sp³-hybridized carbons (Fsp3) is 0.538. The number of carbonyl (C=O) groups excluding carboxylic acids is 2. The van der Waals surface area contributed by atoms with Crippen LogP contribution >= 0.6 is 27.3 Å². The molecule has 0 N–H and O–H groups in total. The Labute approximate surface area is 131 Å².